The van der Waals surface area contributed by atoms with Gasteiger partial charge in [-0.05, 0) is 26.2 Å². The molecule has 2 aromatic heterocycles. The van der Waals surface area contributed by atoms with E-state index in [1.54, 1.807) is 4.57 Å². The minimum atomic E-state index is -4.42. The maximum absolute atomic E-state index is 12.4. The Morgan fingerprint density at radius 1 is 1.40 bits per heavy atom. The highest BCUT2D eigenvalue weighted by Crippen LogP contribution is 2.28. The summed E-state index contributed by atoms with van der Waals surface area (Å²) in [4.78, 5) is 23.1. The van der Waals surface area contributed by atoms with E-state index >= 15 is 0 Å². The first-order valence-electron chi connectivity index (χ1n) is 7.86. The Morgan fingerprint density at radius 3 is 2.92 bits per heavy atom. The van der Waals surface area contributed by atoms with Gasteiger partial charge in [0.25, 0.3) is 5.56 Å². The Hall–Kier alpha value is -1.97. The second-order valence-corrected chi connectivity index (χ2v) is 6.59. The third-order valence-electron chi connectivity index (χ3n) is 3.89. The molecule has 3 rings (SSSR count). The second-order valence-electron chi connectivity index (χ2n) is 5.62. The summed E-state index contributed by atoms with van der Waals surface area (Å²) in [6.07, 6.45) is -0.550. The van der Waals surface area contributed by atoms with E-state index in [9.17, 15) is 18.0 Å². The second kappa shape index (κ2) is 7.11. The molecule has 136 valence electrons. The molecule has 1 aliphatic rings. The summed E-state index contributed by atoms with van der Waals surface area (Å²) in [5.41, 5.74) is 1.93. The highest BCUT2D eigenvalue weighted by Gasteiger charge is 2.29. The van der Waals surface area contributed by atoms with Crippen LogP contribution < -0.4 is 10.3 Å². The van der Waals surface area contributed by atoms with Crippen LogP contribution in [0.25, 0.3) is 0 Å². The summed E-state index contributed by atoms with van der Waals surface area (Å²) >= 11 is 1.25. The van der Waals surface area contributed by atoms with Crippen LogP contribution in [0.1, 0.15) is 30.3 Å². The quantitative estimate of drug-likeness (QED) is 0.622. The summed E-state index contributed by atoms with van der Waals surface area (Å²) in [7, 11) is 0. The smallest absolute Gasteiger partial charge is 0.422 e. The Bertz CT molecular complexity index is 816. The van der Waals surface area contributed by atoms with Gasteiger partial charge in [-0.2, -0.15) is 13.2 Å². The molecule has 0 saturated heterocycles. The van der Waals surface area contributed by atoms with Crippen molar-refractivity contribution in [2.24, 2.45) is 0 Å². The maximum atomic E-state index is 12.4. The monoisotopic (exact) mass is 374 g/mol. The number of rotatable bonds is 6. The number of fused-ring (bicyclic) bond motifs is 1. The van der Waals surface area contributed by atoms with Gasteiger partial charge in [-0.15, -0.1) is 0 Å². The molecule has 0 aromatic carbocycles. The van der Waals surface area contributed by atoms with E-state index in [0.717, 1.165) is 30.5 Å². The maximum Gasteiger partial charge on any atom is 0.422 e. The number of imidazole rings is 1. The van der Waals surface area contributed by atoms with Crippen LogP contribution >= 0.6 is 11.8 Å². The molecule has 0 amide bonds. The summed E-state index contributed by atoms with van der Waals surface area (Å²) in [6, 6.07) is 0. The van der Waals surface area contributed by atoms with Crippen molar-refractivity contribution in [1.29, 1.82) is 0 Å². The van der Waals surface area contributed by atoms with Crippen molar-refractivity contribution in [3.8, 4) is 5.88 Å². The lowest BCUT2D eigenvalue weighted by atomic mass is 10.3. The molecule has 0 aliphatic heterocycles. The molecule has 1 N–H and O–H groups in total. The number of hydrogen-bond donors (Lipinski definition) is 1. The van der Waals surface area contributed by atoms with Gasteiger partial charge in [0.2, 0.25) is 5.88 Å². The number of nitrogens with one attached hydrogen (secondary N) is 1. The lowest BCUT2D eigenvalue weighted by Crippen LogP contribution is -2.20. The molecule has 0 bridgehead atoms. The molecule has 2 aromatic rings. The van der Waals surface area contributed by atoms with E-state index in [0.29, 0.717) is 23.1 Å². The van der Waals surface area contributed by atoms with Crippen molar-refractivity contribution < 1.29 is 17.9 Å². The molecule has 0 fully saturated rings. The van der Waals surface area contributed by atoms with Crippen molar-refractivity contribution in [3.05, 3.63) is 33.6 Å². The van der Waals surface area contributed by atoms with Gasteiger partial charge in [-0.1, -0.05) is 11.8 Å². The summed E-state index contributed by atoms with van der Waals surface area (Å²) < 4.78 is 43.6. The summed E-state index contributed by atoms with van der Waals surface area (Å²) in [5.74, 6) is 0.248. The van der Waals surface area contributed by atoms with Crippen molar-refractivity contribution in [3.63, 3.8) is 0 Å². The molecule has 6 nitrogen and oxygen atoms in total. The molecule has 0 atom stereocenters. The number of H-pyrrole nitrogens is 1. The van der Waals surface area contributed by atoms with Gasteiger partial charge in [-0.25, -0.2) is 9.97 Å². The van der Waals surface area contributed by atoms with Crippen LogP contribution in [0.3, 0.4) is 0 Å². The van der Waals surface area contributed by atoms with Gasteiger partial charge >= 0.3 is 6.18 Å². The van der Waals surface area contributed by atoms with Gasteiger partial charge < -0.3 is 14.3 Å². The molecule has 0 saturated carbocycles. The van der Waals surface area contributed by atoms with Crippen molar-refractivity contribution in [2.75, 3.05) is 6.61 Å². The first kappa shape index (κ1) is 17.8. The summed E-state index contributed by atoms with van der Waals surface area (Å²) in [5, 5.41) is 0.455. The predicted octanol–water partition coefficient (Wildman–Crippen LogP) is 2.71. The Kier molecular flexibility index (Phi) is 5.07. The first-order chi connectivity index (χ1) is 11.9. The number of thioether (sulfide) groups is 1. The molecule has 25 heavy (non-hydrogen) atoms. The zero-order chi connectivity index (χ0) is 18.0. The van der Waals surface area contributed by atoms with Crippen LogP contribution in [0.5, 0.6) is 5.88 Å². The topological polar surface area (TPSA) is 72.8 Å². The van der Waals surface area contributed by atoms with E-state index in [1.807, 2.05) is 6.92 Å². The SMILES string of the molecule is CCn1cnc(OCC(F)(F)F)c1CSc1nc2c(c(=O)[nH]1)CCC2. The molecule has 1 aliphatic carbocycles. The fourth-order valence-electron chi connectivity index (χ4n) is 2.70. The number of aryl methyl sites for hydroxylation is 2. The third kappa shape index (κ3) is 4.17. The molecule has 0 unspecified atom stereocenters. The lowest BCUT2D eigenvalue weighted by Gasteiger charge is -2.10. The molecule has 0 radical (unpaired) electrons. The van der Waals surface area contributed by atoms with Crippen LogP contribution in [-0.2, 0) is 25.1 Å². The summed E-state index contributed by atoms with van der Waals surface area (Å²) in [6.45, 7) is 1.02. The molecular formula is C15H17F3N4O2S. The number of alkyl halides is 3. The third-order valence-corrected chi connectivity index (χ3v) is 4.77. The predicted molar refractivity (Wildman–Crippen MR) is 85.9 cm³/mol. The number of aromatic nitrogens is 4. The Balaban J connectivity index is 1.75. The molecular weight excluding hydrogens is 357 g/mol. The zero-order valence-electron chi connectivity index (χ0n) is 13.5. The minimum Gasteiger partial charge on any atom is -0.467 e. The number of nitrogens with zero attached hydrogens (tertiary/aromatic N) is 3. The standard InChI is InChI=1S/C15H17F3N4O2S/c1-2-22-8-19-13(24-7-15(16,17)18)11(22)6-25-14-20-10-5-3-4-9(10)12(23)21-14/h8H,2-7H2,1H3,(H,20,21,23). The largest absolute Gasteiger partial charge is 0.467 e. The number of ether oxygens (including phenoxy) is 1. The average Bonchev–Trinajstić information content (AvgIpc) is 3.16. The lowest BCUT2D eigenvalue weighted by molar-refractivity contribution is -0.154. The van der Waals surface area contributed by atoms with Crippen molar-refractivity contribution >= 4 is 11.8 Å². The van der Waals surface area contributed by atoms with Gasteiger partial charge in [0.05, 0.1) is 17.7 Å². The highest BCUT2D eigenvalue weighted by atomic mass is 32.2. The van der Waals surface area contributed by atoms with E-state index in [2.05, 4.69) is 15.0 Å². The number of hydrogen-bond acceptors (Lipinski definition) is 5. The molecule has 0 spiro atoms. The van der Waals surface area contributed by atoms with Crippen LogP contribution in [0.2, 0.25) is 0 Å². The fourth-order valence-corrected chi connectivity index (χ4v) is 3.60. The van der Waals surface area contributed by atoms with Gasteiger partial charge in [0, 0.05) is 17.9 Å². The van der Waals surface area contributed by atoms with Gasteiger partial charge in [0.1, 0.15) is 0 Å². The zero-order valence-corrected chi connectivity index (χ0v) is 14.3. The van der Waals surface area contributed by atoms with Crippen LogP contribution in [0.15, 0.2) is 16.3 Å². The van der Waals surface area contributed by atoms with E-state index in [1.165, 1.54) is 18.1 Å². The van der Waals surface area contributed by atoms with Crippen molar-refractivity contribution in [2.45, 2.75) is 49.8 Å². The number of halogens is 3. The van der Waals surface area contributed by atoms with Crippen LogP contribution in [0.4, 0.5) is 13.2 Å². The normalized spacial score (nSPS) is 13.9. The average molecular weight is 374 g/mol. The highest BCUT2D eigenvalue weighted by molar-refractivity contribution is 7.98. The van der Waals surface area contributed by atoms with Crippen molar-refractivity contribution in [1.82, 2.24) is 19.5 Å². The molecule has 2 heterocycles. The Morgan fingerprint density at radius 2 is 2.20 bits per heavy atom. The minimum absolute atomic E-state index is 0.0461. The van der Waals surface area contributed by atoms with E-state index < -0.39 is 12.8 Å². The van der Waals surface area contributed by atoms with E-state index in [-0.39, 0.29) is 11.4 Å². The fraction of sp³-hybridized carbons (Fsp3) is 0.533. The van der Waals surface area contributed by atoms with E-state index in [4.69, 9.17) is 4.74 Å². The first-order valence-corrected chi connectivity index (χ1v) is 8.84. The van der Waals surface area contributed by atoms with Crippen LogP contribution in [-0.4, -0.2) is 32.3 Å². The Labute approximate surface area is 145 Å². The number of aromatic amines is 1. The molecule has 10 heteroatoms. The van der Waals surface area contributed by atoms with Gasteiger partial charge in [-0.3, -0.25) is 4.79 Å². The van der Waals surface area contributed by atoms with Crippen LogP contribution in [0, 0.1) is 0 Å². The van der Waals surface area contributed by atoms with Gasteiger partial charge in [0.15, 0.2) is 11.8 Å².